The lowest BCUT2D eigenvalue weighted by atomic mass is 10.0. The van der Waals surface area contributed by atoms with Gasteiger partial charge in [0.2, 0.25) is 0 Å². The highest BCUT2D eigenvalue weighted by Gasteiger charge is 2.24. The summed E-state index contributed by atoms with van der Waals surface area (Å²) in [6.07, 6.45) is 3.72. The van der Waals surface area contributed by atoms with E-state index in [-0.39, 0.29) is 6.10 Å². The molecule has 1 fully saturated rings. The van der Waals surface area contributed by atoms with Gasteiger partial charge in [0.05, 0.1) is 6.10 Å². The van der Waals surface area contributed by atoms with Crippen molar-refractivity contribution in [1.29, 1.82) is 0 Å². The average Bonchev–Trinajstić information content (AvgIpc) is 3.27. The van der Waals surface area contributed by atoms with Gasteiger partial charge in [-0.15, -0.1) is 11.3 Å². The third kappa shape index (κ3) is 3.51. The van der Waals surface area contributed by atoms with Crippen molar-refractivity contribution in [1.82, 2.24) is 4.90 Å². The maximum atomic E-state index is 5.95. The Labute approximate surface area is 148 Å². The van der Waals surface area contributed by atoms with Gasteiger partial charge in [0.1, 0.15) is 12.4 Å². The zero-order valence-corrected chi connectivity index (χ0v) is 15.1. The van der Waals surface area contributed by atoms with Gasteiger partial charge in [-0.3, -0.25) is 4.90 Å². The van der Waals surface area contributed by atoms with Crippen molar-refractivity contribution in [2.45, 2.75) is 44.9 Å². The van der Waals surface area contributed by atoms with Crippen LogP contribution in [0.25, 0.3) is 0 Å². The van der Waals surface area contributed by atoms with E-state index in [4.69, 9.17) is 9.47 Å². The lowest BCUT2D eigenvalue weighted by Gasteiger charge is -2.33. The van der Waals surface area contributed by atoms with Crippen LogP contribution in [-0.2, 0) is 17.7 Å². The van der Waals surface area contributed by atoms with Crippen LogP contribution in [0.15, 0.2) is 35.7 Å². The van der Waals surface area contributed by atoms with E-state index >= 15 is 0 Å². The zero-order valence-electron chi connectivity index (χ0n) is 14.2. The Hall–Kier alpha value is -1.36. The highest BCUT2D eigenvalue weighted by Crippen LogP contribution is 2.33. The molecule has 0 bridgehead atoms. The molecule has 0 radical (unpaired) electrons. The maximum absolute atomic E-state index is 5.95. The van der Waals surface area contributed by atoms with Crippen LogP contribution in [0, 0.1) is 0 Å². The highest BCUT2D eigenvalue weighted by atomic mass is 32.1. The molecule has 0 N–H and O–H groups in total. The van der Waals surface area contributed by atoms with Gasteiger partial charge in [-0.05, 0) is 60.9 Å². The van der Waals surface area contributed by atoms with Gasteiger partial charge in [0.15, 0.2) is 0 Å². The van der Waals surface area contributed by atoms with Gasteiger partial charge < -0.3 is 9.47 Å². The van der Waals surface area contributed by atoms with Gasteiger partial charge in [-0.2, -0.15) is 0 Å². The maximum Gasteiger partial charge on any atom is 0.119 e. The quantitative estimate of drug-likeness (QED) is 0.802. The average molecular weight is 343 g/mol. The summed E-state index contributed by atoms with van der Waals surface area (Å²) in [6, 6.07) is 11.3. The molecule has 1 aromatic heterocycles. The Morgan fingerprint density at radius 3 is 3.17 bits per heavy atom. The van der Waals surface area contributed by atoms with Crippen LogP contribution in [0.4, 0.5) is 0 Å². The van der Waals surface area contributed by atoms with Gasteiger partial charge >= 0.3 is 0 Å². The first-order valence-electron chi connectivity index (χ1n) is 8.93. The molecule has 3 heterocycles. The van der Waals surface area contributed by atoms with E-state index in [0.29, 0.717) is 12.6 Å². The van der Waals surface area contributed by atoms with E-state index in [9.17, 15) is 0 Å². The minimum absolute atomic E-state index is 0.271. The number of hydrogen-bond acceptors (Lipinski definition) is 4. The molecule has 2 aromatic rings. The van der Waals surface area contributed by atoms with Crippen LogP contribution in [-0.4, -0.2) is 30.8 Å². The molecule has 0 aliphatic carbocycles. The number of ether oxygens (including phenoxy) is 2. The van der Waals surface area contributed by atoms with Crippen molar-refractivity contribution >= 4 is 11.3 Å². The summed E-state index contributed by atoms with van der Waals surface area (Å²) < 4.78 is 11.6. The molecule has 3 nitrogen and oxygen atoms in total. The molecule has 2 aliphatic heterocycles. The molecule has 0 spiro atoms. The van der Waals surface area contributed by atoms with Gasteiger partial charge in [0, 0.05) is 30.6 Å². The Morgan fingerprint density at radius 2 is 2.29 bits per heavy atom. The molecule has 1 aromatic carbocycles. The van der Waals surface area contributed by atoms with E-state index in [1.807, 2.05) is 11.3 Å². The molecule has 4 rings (SSSR count). The second-order valence-electron chi connectivity index (χ2n) is 6.79. The molecule has 128 valence electrons. The summed E-state index contributed by atoms with van der Waals surface area (Å²) >= 11 is 1.90. The Morgan fingerprint density at radius 1 is 1.33 bits per heavy atom. The molecule has 0 amide bonds. The predicted molar refractivity (Wildman–Crippen MR) is 97.8 cm³/mol. The smallest absolute Gasteiger partial charge is 0.119 e. The zero-order chi connectivity index (χ0) is 16.4. The minimum Gasteiger partial charge on any atom is -0.491 e. The summed E-state index contributed by atoms with van der Waals surface area (Å²) in [5.74, 6) is 0.962. The van der Waals surface area contributed by atoms with Crippen molar-refractivity contribution in [3.05, 3.63) is 51.7 Å². The molecular formula is C20H25NO2S. The molecular weight excluding hydrogens is 318 g/mol. The van der Waals surface area contributed by atoms with E-state index in [1.54, 1.807) is 4.88 Å². The summed E-state index contributed by atoms with van der Waals surface area (Å²) in [5, 5.41) is 2.23. The highest BCUT2D eigenvalue weighted by molar-refractivity contribution is 7.10. The Bertz CT molecular complexity index is 678. The Balaban J connectivity index is 1.39. The second-order valence-corrected chi connectivity index (χ2v) is 7.79. The summed E-state index contributed by atoms with van der Waals surface area (Å²) in [6.45, 7) is 5.99. The molecule has 1 saturated heterocycles. The number of rotatable bonds is 5. The molecule has 2 aliphatic rings. The van der Waals surface area contributed by atoms with Crippen molar-refractivity contribution in [2.75, 3.05) is 19.8 Å². The van der Waals surface area contributed by atoms with E-state index in [1.165, 1.54) is 17.5 Å². The van der Waals surface area contributed by atoms with Crippen LogP contribution in [0.5, 0.6) is 5.75 Å². The third-order valence-electron chi connectivity index (χ3n) is 5.15. The Kier molecular flexibility index (Phi) is 4.88. The first-order chi connectivity index (χ1) is 11.8. The van der Waals surface area contributed by atoms with Gasteiger partial charge in [-0.1, -0.05) is 12.1 Å². The number of nitrogens with zero attached hydrogens (tertiary/aromatic N) is 1. The van der Waals surface area contributed by atoms with Crippen LogP contribution >= 0.6 is 11.3 Å². The van der Waals surface area contributed by atoms with E-state index < -0.39 is 0 Å². The largest absolute Gasteiger partial charge is 0.491 e. The van der Waals surface area contributed by atoms with Crippen molar-refractivity contribution < 1.29 is 9.47 Å². The van der Waals surface area contributed by atoms with Crippen LogP contribution in [0.3, 0.4) is 0 Å². The first kappa shape index (κ1) is 16.1. The predicted octanol–water partition coefficient (Wildman–Crippen LogP) is 4.43. The van der Waals surface area contributed by atoms with Crippen molar-refractivity contribution in [3.63, 3.8) is 0 Å². The van der Waals surface area contributed by atoms with Crippen LogP contribution in [0.2, 0.25) is 0 Å². The SMILES string of the molecule is C[C@@H]1c2ccsc2CCN1Cc1cccc(OC[C@@H]2CCCO2)c1. The van der Waals surface area contributed by atoms with Crippen LogP contribution in [0.1, 0.15) is 41.8 Å². The fourth-order valence-electron chi connectivity index (χ4n) is 3.71. The molecule has 24 heavy (non-hydrogen) atoms. The number of thiophene rings is 1. The van der Waals surface area contributed by atoms with Crippen molar-refractivity contribution in [2.24, 2.45) is 0 Å². The second kappa shape index (κ2) is 7.26. The third-order valence-corrected chi connectivity index (χ3v) is 6.14. The van der Waals surface area contributed by atoms with Gasteiger partial charge in [0.25, 0.3) is 0 Å². The molecule has 4 heteroatoms. The molecule has 0 saturated carbocycles. The van der Waals surface area contributed by atoms with Crippen LogP contribution < -0.4 is 4.74 Å². The van der Waals surface area contributed by atoms with E-state index in [2.05, 4.69) is 47.5 Å². The first-order valence-corrected chi connectivity index (χ1v) is 9.81. The van der Waals surface area contributed by atoms with E-state index in [0.717, 1.165) is 38.3 Å². The topological polar surface area (TPSA) is 21.7 Å². The lowest BCUT2D eigenvalue weighted by molar-refractivity contribution is 0.0679. The summed E-state index contributed by atoms with van der Waals surface area (Å²) in [4.78, 5) is 4.13. The monoisotopic (exact) mass is 343 g/mol. The normalized spacial score (nSPS) is 24.0. The standard InChI is InChI=1S/C20H25NO2S/c1-15-19-8-11-24-20(19)7-9-21(15)13-16-4-2-5-17(12-16)23-14-18-6-3-10-22-18/h2,4-5,8,11-12,15,18H,3,6-7,9-10,13-14H2,1H3/t15-,18+/m1/s1. The lowest BCUT2D eigenvalue weighted by Crippen LogP contribution is -2.32. The molecule has 0 unspecified atom stereocenters. The number of fused-ring (bicyclic) bond motifs is 1. The number of hydrogen-bond donors (Lipinski definition) is 0. The van der Waals surface area contributed by atoms with Crippen molar-refractivity contribution in [3.8, 4) is 5.75 Å². The minimum atomic E-state index is 0.271. The molecule has 2 atom stereocenters. The summed E-state index contributed by atoms with van der Waals surface area (Å²) in [5.41, 5.74) is 2.84. The van der Waals surface area contributed by atoms with Gasteiger partial charge in [-0.25, -0.2) is 0 Å². The summed E-state index contributed by atoms with van der Waals surface area (Å²) in [7, 11) is 0. The fraction of sp³-hybridized carbons (Fsp3) is 0.500. The fourth-order valence-corrected chi connectivity index (χ4v) is 4.67. The number of benzene rings is 1.